The molecule has 0 bridgehead atoms. The first-order chi connectivity index (χ1) is 16.6. The van der Waals surface area contributed by atoms with Crippen molar-refractivity contribution in [2.24, 2.45) is 5.10 Å². The number of benzene rings is 2. The third-order valence-corrected chi connectivity index (χ3v) is 6.29. The lowest BCUT2D eigenvalue weighted by Gasteiger charge is -2.19. The fourth-order valence-electron chi connectivity index (χ4n) is 3.67. The number of thioether (sulfide) groups is 1. The maximum atomic E-state index is 13.2. The van der Waals surface area contributed by atoms with E-state index in [2.05, 4.69) is 15.3 Å². The Kier molecular flexibility index (Phi) is 6.18. The van der Waals surface area contributed by atoms with Crippen LogP contribution in [0.2, 0.25) is 0 Å². The van der Waals surface area contributed by atoms with Crippen molar-refractivity contribution in [3.05, 3.63) is 83.8 Å². The zero-order valence-corrected chi connectivity index (χ0v) is 19.5. The second-order valence-electron chi connectivity index (χ2n) is 7.78. The Bertz CT molecular complexity index is 1300. The van der Waals surface area contributed by atoms with Crippen molar-refractivity contribution in [3.63, 3.8) is 0 Å². The van der Waals surface area contributed by atoms with E-state index in [-0.39, 0.29) is 17.7 Å². The van der Waals surface area contributed by atoms with Gasteiger partial charge in [-0.2, -0.15) is 5.10 Å². The molecule has 0 saturated carbocycles. The molecule has 2 aromatic heterocycles. The van der Waals surface area contributed by atoms with Crippen molar-refractivity contribution in [1.82, 2.24) is 15.2 Å². The minimum Gasteiger partial charge on any atom is -0.497 e. The van der Waals surface area contributed by atoms with Gasteiger partial charge in [-0.3, -0.25) is 4.79 Å². The summed E-state index contributed by atoms with van der Waals surface area (Å²) in [5.74, 6) is 1.76. The first-order valence-corrected chi connectivity index (χ1v) is 11.7. The first-order valence-electron chi connectivity index (χ1n) is 10.7. The Hall–Kier alpha value is -3.85. The Labute approximate surface area is 200 Å². The maximum absolute atomic E-state index is 13.2. The molecule has 0 aliphatic carbocycles. The van der Waals surface area contributed by atoms with Gasteiger partial charge < -0.3 is 13.6 Å². The summed E-state index contributed by atoms with van der Waals surface area (Å²) in [6.45, 7) is 2.04. The zero-order chi connectivity index (χ0) is 23.5. The van der Waals surface area contributed by atoms with E-state index in [4.69, 9.17) is 13.6 Å². The second kappa shape index (κ2) is 9.56. The largest absolute Gasteiger partial charge is 0.497 e. The van der Waals surface area contributed by atoms with E-state index in [1.54, 1.807) is 13.4 Å². The summed E-state index contributed by atoms with van der Waals surface area (Å²) in [6, 6.07) is 18.8. The third kappa shape index (κ3) is 4.60. The first kappa shape index (κ1) is 22.0. The van der Waals surface area contributed by atoms with Gasteiger partial charge >= 0.3 is 0 Å². The topological polar surface area (TPSA) is 94.0 Å². The van der Waals surface area contributed by atoms with Crippen LogP contribution in [0.5, 0.6) is 5.75 Å². The molecule has 0 spiro atoms. The molecular formula is C25H22N4O4S. The van der Waals surface area contributed by atoms with E-state index < -0.39 is 0 Å². The van der Waals surface area contributed by atoms with E-state index in [1.165, 1.54) is 22.3 Å². The number of carbonyl (C=O) groups is 1. The Morgan fingerprint density at radius 1 is 1.09 bits per heavy atom. The van der Waals surface area contributed by atoms with E-state index in [0.717, 1.165) is 22.6 Å². The Balaban J connectivity index is 1.30. The van der Waals surface area contributed by atoms with Gasteiger partial charge in [0.05, 0.1) is 24.8 Å². The smallest absolute Gasteiger partial charge is 0.277 e. The van der Waals surface area contributed by atoms with Crippen LogP contribution in [0.15, 0.2) is 86.1 Å². The Morgan fingerprint density at radius 2 is 1.85 bits per heavy atom. The van der Waals surface area contributed by atoms with Crippen LogP contribution in [0.3, 0.4) is 0 Å². The van der Waals surface area contributed by atoms with Crippen molar-refractivity contribution in [2.75, 3.05) is 12.9 Å². The lowest BCUT2D eigenvalue weighted by Crippen LogP contribution is -2.28. The van der Waals surface area contributed by atoms with Gasteiger partial charge in [-0.25, -0.2) is 5.01 Å². The lowest BCUT2D eigenvalue weighted by atomic mass is 10.0. The molecule has 5 rings (SSSR count). The third-order valence-electron chi connectivity index (χ3n) is 5.48. The van der Waals surface area contributed by atoms with E-state index in [0.29, 0.717) is 23.3 Å². The van der Waals surface area contributed by atoms with E-state index >= 15 is 0 Å². The van der Waals surface area contributed by atoms with Crippen molar-refractivity contribution in [3.8, 4) is 17.2 Å². The molecule has 1 aliphatic heterocycles. The number of rotatable bonds is 7. The van der Waals surface area contributed by atoms with Gasteiger partial charge in [0.2, 0.25) is 5.89 Å². The average Bonchev–Trinajstić information content (AvgIpc) is 3.64. The summed E-state index contributed by atoms with van der Waals surface area (Å²) in [4.78, 5) is 13.2. The number of hydrogen-bond acceptors (Lipinski definition) is 8. The van der Waals surface area contributed by atoms with Gasteiger partial charge in [-0.05, 0) is 48.9 Å². The highest BCUT2D eigenvalue weighted by Crippen LogP contribution is 2.34. The summed E-state index contributed by atoms with van der Waals surface area (Å²) in [5.41, 5.74) is 3.78. The number of ether oxygens (including phenoxy) is 1. The van der Waals surface area contributed by atoms with Crippen molar-refractivity contribution in [1.29, 1.82) is 0 Å². The van der Waals surface area contributed by atoms with Gasteiger partial charge in [0, 0.05) is 12.0 Å². The van der Waals surface area contributed by atoms with Crippen LogP contribution >= 0.6 is 11.8 Å². The summed E-state index contributed by atoms with van der Waals surface area (Å²) >= 11 is 1.18. The van der Waals surface area contributed by atoms with Crippen LogP contribution in [-0.4, -0.2) is 39.7 Å². The monoisotopic (exact) mass is 474 g/mol. The molecule has 1 atom stereocenters. The van der Waals surface area contributed by atoms with Crippen LogP contribution in [0.1, 0.15) is 29.3 Å². The quantitative estimate of drug-likeness (QED) is 0.343. The molecule has 1 amide bonds. The van der Waals surface area contributed by atoms with Crippen molar-refractivity contribution < 1.29 is 18.4 Å². The molecule has 2 aromatic carbocycles. The van der Waals surface area contributed by atoms with Crippen LogP contribution in [0.4, 0.5) is 0 Å². The number of aromatic nitrogens is 2. The highest BCUT2D eigenvalue weighted by atomic mass is 32.2. The molecule has 0 N–H and O–H groups in total. The predicted molar refractivity (Wildman–Crippen MR) is 128 cm³/mol. The summed E-state index contributed by atoms with van der Waals surface area (Å²) in [7, 11) is 1.61. The number of methoxy groups -OCH3 is 1. The molecule has 0 fully saturated rings. The highest BCUT2D eigenvalue weighted by molar-refractivity contribution is 7.99. The van der Waals surface area contributed by atoms with Crippen molar-refractivity contribution >= 4 is 23.4 Å². The molecule has 9 heteroatoms. The second-order valence-corrected chi connectivity index (χ2v) is 8.70. The number of hydrogen-bond donors (Lipinski definition) is 0. The zero-order valence-electron chi connectivity index (χ0n) is 18.7. The standard InChI is InChI=1S/C25H22N4O4S/c1-16-5-7-17(8-6-16)20-14-21(22-4-3-13-32-22)29(28-20)23(30)15-34-25-27-26-24(33-25)18-9-11-19(31-2)12-10-18/h3-13,21H,14-15H2,1-2H3. The molecule has 0 radical (unpaired) electrons. The van der Waals surface area contributed by atoms with Gasteiger partial charge in [-0.15, -0.1) is 10.2 Å². The molecule has 34 heavy (non-hydrogen) atoms. The molecule has 172 valence electrons. The summed E-state index contributed by atoms with van der Waals surface area (Å²) in [5, 5.41) is 14.6. The number of furan rings is 1. The average molecular weight is 475 g/mol. The van der Waals surface area contributed by atoms with Crippen LogP contribution in [0, 0.1) is 6.92 Å². The number of aryl methyl sites for hydroxylation is 1. The van der Waals surface area contributed by atoms with Crippen LogP contribution < -0.4 is 4.74 Å². The number of nitrogens with zero attached hydrogens (tertiary/aromatic N) is 4. The molecule has 3 heterocycles. The highest BCUT2D eigenvalue weighted by Gasteiger charge is 2.35. The van der Waals surface area contributed by atoms with Crippen molar-refractivity contribution in [2.45, 2.75) is 24.6 Å². The van der Waals surface area contributed by atoms with Gasteiger partial charge in [0.1, 0.15) is 17.6 Å². The maximum Gasteiger partial charge on any atom is 0.277 e. The Morgan fingerprint density at radius 3 is 2.56 bits per heavy atom. The molecule has 1 aliphatic rings. The van der Waals surface area contributed by atoms with E-state index in [1.807, 2.05) is 67.6 Å². The SMILES string of the molecule is COc1ccc(-c2nnc(SCC(=O)N3N=C(c4ccc(C)cc4)CC3c3ccco3)o2)cc1. The number of hydrazone groups is 1. The normalized spacial score (nSPS) is 15.4. The number of amides is 1. The summed E-state index contributed by atoms with van der Waals surface area (Å²) < 4.78 is 16.5. The molecule has 0 saturated heterocycles. The van der Waals surface area contributed by atoms with E-state index in [9.17, 15) is 4.79 Å². The molecular weight excluding hydrogens is 452 g/mol. The molecule has 1 unspecified atom stereocenters. The summed E-state index contributed by atoms with van der Waals surface area (Å²) in [6.07, 6.45) is 2.19. The molecule has 8 nitrogen and oxygen atoms in total. The van der Waals surface area contributed by atoms with Crippen LogP contribution in [-0.2, 0) is 4.79 Å². The van der Waals surface area contributed by atoms with Gasteiger partial charge in [0.25, 0.3) is 11.1 Å². The minimum atomic E-state index is -0.294. The van der Waals surface area contributed by atoms with Gasteiger partial charge in [-0.1, -0.05) is 41.6 Å². The fourth-order valence-corrected chi connectivity index (χ4v) is 4.29. The van der Waals surface area contributed by atoms with Crippen LogP contribution in [0.25, 0.3) is 11.5 Å². The fraction of sp³-hybridized carbons (Fsp3) is 0.200. The minimum absolute atomic E-state index is 0.103. The molecule has 4 aromatic rings. The predicted octanol–water partition coefficient (Wildman–Crippen LogP) is 5.12. The number of carbonyl (C=O) groups excluding carboxylic acids is 1. The van der Waals surface area contributed by atoms with Gasteiger partial charge in [0.15, 0.2) is 0 Å². The lowest BCUT2D eigenvalue weighted by molar-refractivity contribution is -0.130.